The summed E-state index contributed by atoms with van der Waals surface area (Å²) in [7, 11) is 1.31. The van der Waals surface area contributed by atoms with Crippen LogP contribution in [0.25, 0.3) is 5.82 Å². The molecule has 2 N–H and O–H groups in total. The molecule has 0 aromatic carbocycles. The molecule has 2 heterocycles. The van der Waals surface area contributed by atoms with Gasteiger partial charge < -0.3 is 10.5 Å². The van der Waals surface area contributed by atoms with E-state index in [1.807, 2.05) is 13.8 Å². The fourth-order valence-corrected chi connectivity index (χ4v) is 2.00. The van der Waals surface area contributed by atoms with Crippen molar-refractivity contribution in [1.82, 2.24) is 14.8 Å². The summed E-state index contributed by atoms with van der Waals surface area (Å²) in [6, 6.07) is 1.52. The number of nitrogens with zero attached hydrogens (tertiary/aromatic N) is 3. The zero-order valence-electron chi connectivity index (χ0n) is 10.8. The van der Waals surface area contributed by atoms with Crippen LogP contribution in [0.5, 0.6) is 0 Å². The quantitative estimate of drug-likeness (QED) is 0.854. The summed E-state index contributed by atoms with van der Waals surface area (Å²) in [5.74, 6) is -0.0871. The number of aryl methyl sites for hydroxylation is 1. The molecule has 2 aromatic rings. The highest BCUT2D eigenvalue weighted by atomic mass is 79.9. The highest BCUT2D eigenvalue weighted by molar-refractivity contribution is 9.10. The van der Waals surface area contributed by atoms with Gasteiger partial charge in [-0.05, 0) is 35.8 Å². The van der Waals surface area contributed by atoms with Crippen molar-refractivity contribution in [2.75, 3.05) is 12.8 Å². The molecule has 0 spiro atoms. The van der Waals surface area contributed by atoms with Gasteiger partial charge in [-0.15, -0.1) is 0 Å². The van der Waals surface area contributed by atoms with Gasteiger partial charge in [-0.1, -0.05) is 0 Å². The molecule has 0 amide bonds. The van der Waals surface area contributed by atoms with E-state index in [0.29, 0.717) is 5.82 Å². The van der Waals surface area contributed by atoms with Crippen molar-refractivity contribution in [2.24, 2.45) is 0 Å². The molecule has 0 saturated heterocycles. The molecular weight excluding hydrogens is 312 g/mol. The zero-order valence-corrected chi connectivity index (χ0v) is 12.4. The number of rotatable bonds is 2. The highest BCUT2D eigenvalue weighted by Crippen LogP contribution is 2.26. The predicted octanol–water partition coefficient (Wildman–Crippen LogP) is 2.02. The maximum Gasteiger partial charge on any atom is 0.340 e. The Hall–Kier alpha value is -1.89. The summed E-state index contributed by atoms with van der Waals surface area (Å²) in [6.07, 6.45) is 1.50. The second kappa shape index (κ2) is 5.00. The number of hydrogen-bond acceptors (Lipinski definition) is 5. The Morgan fingerprint density at radius 2 is 2.16 bits per heavy atom. The SMILES string of the molecule is COC(=O)c1ccnc(-n2nc(C)c(Br)c2C)c1N. The van der Waals surface area contributed by atoms with Gasteiger partial charge in [0.05, 0.1) is 34.2 Å². The van der Waals surface area contributed by atoms with E-state index in [1.165, 1.54) is 19.4 Å². The van der Waals surface area contributed by atoms with Crippen molar-refractivity contribution >= 4 is 27.6 Å². The first kappa shape index (κ1) is 13.5. The summed E-state index contributed by atoms with van der Waals surface area (Å²) < 4.78 is 7.17. The van der Waals surface area contributed by atoms with Gasteiger partial charge >= 0.3 is 5.97 Å². The van der Waals surface area contributed by atoms with E-state index in [4.69, 9.17) is 5.73 Å². The number of carbonyl (C=O) groups excluding carboxylic acids is 1. The standard InChI is InChI=1S/C12H13BrN4O2/c1-6-9(13)7(2)17(16-6)11-10(14)8(4-5-15-11)12(18)19-3/h4-5H,14H2,1-3H3. The Kier molecular flexibility index (Phi) is 3.57. The van der Waals surface area contributed by atoms with E-state index in [2.05, 4.69) is 30.7 Å². The van der Waals surface area contributed by atoms with Gasteiger partial charge in [0, 0.05) is 6.20 Å². The molecule has 6 nitrogen and oxygen atoms in total. The fraction of sp³-hybridized carbons (Fsp3) is 0.250. The van der Waals surface area contributed by atoms with E-state index in [0.717, 1.165) is 15.9 Å². The molecule has 0 saturated carbocycles. The number of esters is 1. The lowest BCUT2D eigenvalue weighted by Gasteiger charge is -2.09. The molecule has 0 aliphatic heterocycles. The minimum atomic E-state index is -0.498. The lowest BCUT2D eigenvalue weighted by Crippen LogP contribution is -2.12. The van der Waals surface area contributed by atoms with Crippen molar-refractivity contribution in [2.45, 2.75) is 13.8 Å². The lowest BCUT2D eigenvalue weighted by atomic mass is 10.2. The number of nitrogen functional groups attached to an aromatic ring is 1. The van der Waals surface area contributed by atoms with Crippen LogP contribution in [0.15, 0.2) is 16.7 Å². The second-order valence-corrected chi connectivity index (χ2v) is 4.78. The first-order chi connectivity index (χ1) is 8.97. The Balaban J connectivity index is 2.63. The molecule has 2 rings (SSSR count). The number of methoxy groups -OCH3 is 1. The Labute approximate surface area is 118 Å². The molecule has 0 radical (unpaired) electrons. The number of pyridine rings is 1. The number of aromatic nitrogens is 3. The first-order valence-corrected chi connectivity index (χ1v) is 6.31. The predicted molar refractivity (Wildman–Crippen MR) is 74.3 cm³/mol. The number of nitrogens with two attached hydrogens (primary N) is 1. The molecule has 7 heteroatoms. The molecule has 2 aromatic heterocycles. The zero-order chi connectivity index (χ0) is 14.2. The monoisotopic (exact) mass is 324 g/mol. The van der Waals surface area contributed by atoms with Crippen LogP contribution < -0.4 is 5.73 Å². The van der Waals surface area contributed by atoms with Crippen LogP contribution in [-0.4, -0.2) is 27.8 Å². The van der Waals surface area contributed by atoms with Gasteiger partial charge in [0.2, 0.25) is 0 Å². The topological polar surface area (TPSA) is 83.0 Å². The number of hydrogen-bond donors (Lipinski definition) is 1. The van der Waals surface area contributed by atoms with E-state index in [-0.39, 0.29) is 11.3 Å². The summed E-state index contributed by atoms with van der Waals surface area (Å²) >= 11 is 3.44. The normalized spacial score (nSPS) is 10.5. The molecular formula is C12H13BrN4O2. The van der Waals surface area contributed by atoms with Crippen LogP contribution in [0.1, 0.15) is 21.7 Å². The van der Waals surface area contributed by atoms with Crippen molar-refractivity contribution in [3.05, 3.63) is 33.7 Å². The summed E-state index contributed by atoms with van der Waals surface area (Å²) in [4.78, 5) is 15.8. The van der Waals surface area contributed by atoms with Crippen LogP contribution in [0, 0.1) is 13.8 Å². The number of ether oxygens (including phenoxy) is 1. The van der Waals surface area contributed by atoms with Gasteiger partial charge in [-0.25, -0.2) is 14.5 Å². The number of carbonyl (C=O) groups is 1. The summed E-state index contributed by atoms with van der Waals surface area (Å²) in [6.45, 7) is 3.75. The maximum absolute atomic E-state index is 11.6. The third kappa shape index (κ3) is 2.21. The van der Waals surface area contributed by atoms with Crippen molar-refractivity contribution in [3.8, 4) is 5.82 Å². The second-order valence-electron chi connectivity index (χ2n) is 3.98. The Morgan fingerprint density at radius 3 is 2.68 bits per heavy atom. The van der Waals surface area contributed by atoms with Gasteiger partial charge in [0.15, 0.2) is 5.82 Å². The van der Waals surface area contributed by atoms with Crippen LogP contribution >= 0.6 is 15.9 Å². The molecule has 0 atom stereocenters. The minimum Gasteiger partial charge on any atom is -0.465 e. The van der Waals surface area contributed by atoms with E-state index < -0.39 is 5.97 Å². The van der Waals surface area contributed by atoms with Crippen molar-refractivity contribution in [1.29, 1.82) is 0 Å². The summed E-state index contributed by atoms with van der Waals surface area (Å²) in [5.41, 5.74) is 8.18. The van der Waals surface area contributed by atoms with Crippen molar-refractivity contribution < 1.29 is 9.53 Å². The van der Waals surface area contributed by atoms with E-state index in [9.17, 15) is 4.79 Å². The number of anilines is 1. The largest absolute Gasteiger partial charge is 0.465 e. The smallest absolute Gasteiger partial charge is 0.340 e. The molecule has 19 heavy (non-hydrogen) atoms. The van der Waals surface area contributed by atoms with Crippen molar-refractivity contribution in [3.63, 3.8) is 0 Å². The van der Waals surface area contributed by atoms with Gasteiger partial charge in [0.1, 0.15) is 0 Å². The van der Waals surface area contributed by atoms with Crippen LogP contribution in [0.4, 0.5) is 5.69 Å². The third-order valence-corrected chi connectivity index (χ3v) is 3.93. The summed E-state index contributed by atoms with van der Waals surface area (Å²) in [5, 5.41) is 4.34. The third-order valence-electron chi connectivity index (χ3n) is 2.78. The van der Waals surface area contributed by atoms with Crippen LogP contribution in [-0.2, 0) is 4.74 Å². The lowest BCUT2D eigenvalue weighted by molar-refractivity contribution is 0.0602. The van der Waals surface area contributed by atoms with Crippen LogP contribution in [0.3, 0.4) is 0 Å². The molecule has 100 valence electrons. The maximum atomic E-state index is 11.6. The van der Waals surface area contributed by atoms with E-state index in [1.54, 1.807) is 4.68 Å². The van der Waals surface area contributed by atoms with E-state index >= 15 is 0 Å². The highest BCUT2D eigenvalue weighted by Gasteiger charge is 2.18. The molecule has 0 bridgehead atoms. The first-order valence-electron chi connectivity index (χ1n) is 5.52. The average Bonchev–Trinajstić information content (AvgIpc) is 2.66. The molecule has 0 aliphatic carbocycles. The Morgan fingerprint density at radius 1 is 1.47 bits per heavy atom. The average molecular weight is 325 g/mol. The molecule has 0 aliphatic rings. The van der Waals surface area contributed by atoms with Gasteiger partial charge in [-0.3, -0.25) is 0 Å². The Bertz CT molecular complexity index is 651. The van der Waals surface area contributed by atoms with Gasteiger partial charge in [0.25, 0.3) is 0 Å². The van der Waals surface area contributed by atoms with Crippen LogP contribution in [0.2, 0.25) is 0 Å². The van der Waals surface area contributed by atoms with Gasteiger partial charge in [-0.2, -0.15) is 5.10 Å². The fourth-order valence-electron chi connectivity index (χ4n) is 1.75. The number of halogens is 1. The minimum absolute atomic E-state index is 0.243. The molecule has 0 fully saturated rings. The molecule has 0 unspecified atom stereocenters.